The first kappa shape index (κ1) is 18.8. The van der Waals surface area contributed by atoms with E-state index in [1.54, 1.807) is 30.3 Å². The highest BCUT2D eigenvalue weighted by atomic mass is 16.5. The van der Waals surface area contributed by atoms with E-state index in [9.17, 15) is 4.79 Å². The van der Waals surface area contributed by atoms with Crippen molar-refractivity contribution in [3.8, 4) is 5.88 Å². The summed E-state index contributed by atoms with van der Waals surface area (Å²) >= 11 is 0. The van der Waals surface area contributed by atoms with Crippen molar-refractivity contribution in [2.45, 2.75) is 13.5 Å². The van der Waals surface area contributed by atoms with Gasteiger partial charge in [-0.2, -0.15) is 0 Å². The van der Waals surface area contributed by atoms with Gasteiger partial charge in [0.15, 0.2) is 11.7 Å². The number of carbonyl (C=O) groups is 1. The first-order valence-corrected chi connectivity index (χ1v) is 9.07. The summed E-state index contributed by atoms with van der Waals surface area (Å²) in [6.07, 6.45) is 3.26. The summed E-state index contributed by atoms with van der Waals surface area (Å²) in [6, 6.07) is 7.29. The first-order chi connectivity index (χ1) is 13.2. The molecule has 2 aromatic heterocycles. The number of pyridine rings is 1. The fourth-order valence-electron chi connectivity index (χ4n) is 2.98. The molecule has 144 valence electrons. The molecule has 0 unspecified atom stereocenters. The average Bonchev–Trinajstić information content (AvgIpc) is 3.24. The third kappa shape index (κ3) is 4.78. The molecule has 1 aliphatic heterocycles. The molecular formula is C19H25N5O3. The molecule has 1 amide bonds. The topological polar surface area (TPSA) is 83.2 Å². The van der Waals surface area contributed by atoms with Gasteiger partial charge in [-0.05, 0) is 30.7 Å². The van der Waals surface area contributed by atoms with E-state index in [0.717, 1.165) is 11.5 Å². The van der Waals surface area contributed by atoms with E-state index in [4.69, 9.17) is 9.15 Å². The lowest BCUT2D eigenvalue weighted by Crippen LogP contribution is -2.53. The van der Waals surface area contributed by atoms with Crippen LogP contribution in [0.2, 0.25) is 0 Å². The quantitative estimate of drug-likeness (QED) is 0.635. The molecule has 1 saturated heterocycles. The molecule has 0 radical (unpaired) electrons. The Labute approximate surface area is 158 Å². The first-order valence-electron chi connectivity index (χ1n) is 9.07. The minimum atomic E-state index is -0.0668. The lowest BCUT2D eigenvalue weighted by molar-refractivity contribution is 0.0657. The number of amides is 1. The molecular weight excluding hydrogens is 346 g/mol. The van der Waals surface area contributed by atoms with E-state index in [1.165, 1.54) is 6.26 Å². The molecule has 27 heavy (non-hydrogen) atoms. The monoisotopic (exact) mass is 371 g/mol. The number of carbonyl (C=O) groups excluding carboxylic acids is 1. The SMILES string of the molecule is CCOc1cc(CNC(=NC)N2CCN(C(=O)c3ccco3)CC2)ccn1. The van der Waals surface area contributed by atoms with Crippen molar-refractivity contribution in [3.63, 3.8) is 0 Å². The Kier molecular flexibility index (Phi) is 6.30. The number of aliphatic imine (C=N–C) groups is 1. The lowest BCUT2D eigenvalue weighted by atomic mass is 10.2. The zero-order chi connectivity index (χ0) is 19.1. The van der Waals surface area contributed by atoms with Crippen molar-refractivity contribution in [2.24, 2.45) is 4.99 Å². The fraction of sp³-hybridized carbons (Fsp3) is 0.421. The third-order valence-electron chi connectivity index (χ3n) is 4.35. The van der Waals surface area contributed by atoms with E-state index in [1.807, 2.05) is 19.1 Å². The molecule has 2 aromatic rings. The summed E-state index contributed by atoms with van der Waals surface area (Å²) < 4.78 is 10.6. The molecule has 3 rings (SSSR count). The molecule has 1 fully saturated rings. The van der Waals surface area contributed by atoms with Crippen LogP contribution in [0.1, 0.15) is 23.0 Å². The van der Waals surface area contributed by atoms with E-state index >= 15 is 0 Å². The van der Waals surface area contributed by atoms with Gasteiger partial charge >= 0.3 is 0 Å². The Balaban J connectivity index is 1.52. The van der Waals surface area contributed by atoms with Gasteiger partial charge in [0.2, 0.25) is 5.88 Å². The number of hydrogen-bond donors (Lipinski definition) is 1. The number of guanidine groups is 1. The van der Waals surface area contributed by atoms with Crippen molar-refractivity contribution < 1.29 is 13.9 Å². The number of aromatic nitrogens is 1. The smallest absolute Gasteiger partial charge is 0.289 e. The highest BCUT2D eigenvalue weighted by Gasteiger charge is 2.25. The molecule has 0 saturated carbocycles. The van der Waals surface area contributed by atoms with Crippen LogP contribution in [0.25, 0.3) is 0 Å². The maximum atomic E-state index is 12.4. The van der Waals surface area contributed by atoms with Gasteiger partial charge in [0.05, 0.1) is 12.9 Å². The van der Waals surface area contributed by atoms with Crippen LogP contribution in [0.15, 0.2) is 46.1 Å². The van der Waals surface area contributed by atoms with Crippen molar-refractivity contribution in [1.82, 2.24) is 20.1 Å². The number of furan rings is 1. The summed E-state index contributed by atoms with van der Waals surface area (Å²) in [5.41, 5.74) is 1.07. The third-order valence-corrected chi connectivity index (χ3v) is 4.35. The number of nitrogens with zero attached hydrogens (tertiary/aromatic N) is 4. The van der Waals surface area contributed by atoms with E-state index in [2.05, 4.69) is 20.2 Å². The summed E-state index contributed by atoms with van der Waals surface area (Å²) in [4.78, 5) is 24.9. The zero-order valence-electron chi connectivity index (χ0n) is 15.7. The van der Waals surface area contributed by atoms with E-state index in [0.29, 0.717) is 51.0 Å². The van der Waals surface area contributed by atoms with Crippen LogP contribution < -0.4 is 10.1 Å². The van der Waals surface area contributed by atoms with Gasteiger partial charge in [-0.15, -0.1) is 0 Å². The van der Waals surface area contributed by atoms with Crippen LogP contribution in [-0.4, -0.2) is 66.5 Å². The molecule has 0 bridgehead atoms. The molecule has 8 heteroatoms. The molecule has 0 atom stereocenters. The number of nitrogens with one attached hydrogen (secondary N) is 1. The van der Waals surface area contributed by atoms with Crippen LogP contribution in [0, 0.1) is 0 Å². The predicted octanol–water partition coefficient (Wildman–Crippen LogP) is 1.61. The summed E-state index contributed by atoms with van der Waals surface area (Å²) in [7, 11) is 1.76. The van der Waals surface area contributed by atoms with Crippen LogP contribution in [-0.2, 0) is 6.54 Å². The molecule has 1 N–H and O–H groups in total. The zero-order valence-corrected chi connectivity index (χ0v) is 15.7. The van der Waals surface area contributed by atoms with Crippen molar-refractivity contribution >= 4 is 11.9 Å². The number of hydrogen-bond acceptors (Lipinski definition) is 5. The maximum Gasteiger partial charge on any atom is 0.289 e. The van der Waals surface area contributed by atoms with Crippen LogP contribution in [0.5, 0.6) is 5.88 Å². The van der Waals surface area contributed by atoms with Gasteiger partial charge < -0.3 is 24.3 Å². The lowest BCUT2D eigenvalue weighted by Gasteiger charge is -2.36. The Bertz CT molecular complexity index is 767. The van der Waals surface area contributed by atoms with Crippen LogP contribution in [0.4, 0.5) is 0 Å². The van der Waals surface area contributed by atoms with Gasteiger partial charge in [0, 0.05) is 52.0 Å². The molecule has 0 aromatic carbocycles. The van der Waals surface area contributed by atoms with Gasteiger partial charge in [0.1, 0.15) is 0 Å². The second kappa shape index (κ2) is 9.07. The number of rotatable bonds is 5. The van der Waals surface area contributed by atoms with Crippen molar-refractivity contribution in [1.29, 1.82) is 0 Å². The van der Waals surface area contributed by atoms with Gasteiger partial charge in [-0.25, -0.2) is 4.98 Å². The average molecular weight is 371 g/mol. The maximum absolute atomic E-state index is 12.4. The van der Waals surface area contributed by atoms with Crippen LogP contribution in [0.3, 0.4) is 0 Å². The highest BCUT2D eigenvalue weighted by molar-refractivity contribution is 5.91. The Morgan fingerprint density at radius 1 is 1.30 bits per heavy atom. The number of ether oxygens (including phenoxy) is 1. The minimum Gasteiger partial charge on any atom is -0.478 e. The fourth-order valence-corrected chi connectivity index (χ4v) is 2.98. The van der Waals surface area contributed by atoms with Gasteiger partial charge in [0.25, 0.3) is 5.91 Å². The van der Waals surface area contributed by atoms with Crippen molar-refractivity contribution in [2.75, 3.05) is 39.8 Å². The highest BCUT2D eigenvalue weighted by Crippen LogP contribution is 2.11. The molecule has 0 aliphatic carbocycles. The van der Waals surface area contributed by atoms with Gasteiger partial charge in [-0.1, -0.05) is 0 Å². The minimum absolute atomic E-state index is 0.0668. The molecule has 0 spiro atoms. The van der Waals surface area contributed by atoms with Crippen LogP contribution >= 0.6 is 0 Å². The molecule has 1 aliphatic rings. The number of piperazine rings is 1. The summed E-state index contributed by atoms with van der Waals surface area (Å²) in [6.45, 7) is 5.84. The normalized spacial score (nSPS) is 15.0. The molecule has 8 nitrogen and oxygen atoms in total. The Hall–Kier alpha value is -3.03. The van der Waals surface area contributed by atoms with E-state index in [-0.39, 0.29) is 5.91 Å². The summed E-state index contributed by atoms with van der Waals surface area (Å²) in [5, 5.41) is 3.37. The Morgan fingerprint density at radius 3 is 2.74 bits per heavy atom. The second-order valence-electron chi connectivity index (χ2n) is 6.09. The predicted molar refractivity (Wildman–Crippen MR) is 102 cm³/mol. The van der Waals surface area contributed by atoms with E-state index < -0.39 is 0 Å². The standard InChI is InChI=1S/C19H25N5O3/c1-3-26-17-13-15(6-7-21-17)14-22-19(20-2)24-10-8-23(9-11-24)18(25)16-5-4-12-27-16/h4-7,12-13H,3,8-11,14H2,1-2H3,(H,20,22). The Morgan fingerprint density at radius 2 is 2.07 bits per heavy atom. The molecule has 3 heterocycles. The largest absolute Gasteiger partial charge is 0.478 e. The second-order valence-corrected chi connectivity index (χ2v) is 6.09. The van der Waals surface area contributed by atoms with Crippen molar-refractivity contribution in [3.05, 3.63) is 48.0 Å². The van der Waals surface area contributed by atoms with Gasteiger partial charge in [-0.3, -0.25) is 9.79 Å². The summed E-state index contributed by atoms with van der Waals surface area (Å²) in [5.74, 6) is 1.75.